The Labute approximate surface area is 141 Å². The minimum absolute atomic E-state index is 0.0796. The fraction of sp³-hybridized carbons (Fsp3) is 0.333. The van der Waals surface area contributed by atoms with E-state index in [1.54, 1.807) is 23.1 Å². The van der Waals surface area contributed by atoms with E-state index < -0.39 is 5.91 Å². The lowest BCUT2D eigenvalue weighted by Gasteiger charge is -2.05. The molecule has 0 saturated carbocycles. The monoisotopic (exact) mass is 352 g/mol. The molecule has 116 valence electrons. The number of carbonyl (C=O) groups is 2. The van der Waals surface area contributed by atoms with Crippen molar-refractivity contribution < 1.29 is 9.59 Å². The normalized spacial score (nSPS) is 13.1. The molecular formula is C15H16N2O2S3. The number of anilines is 1. The molecule has 0 bridgehead atoms. The first kappa shape index (κ1) is 15.6. The van der Waals surface area contributed by atoms with Crippen LogP contribution in [0.2, 0.25) is 0 Å². The maximum absolute atomic E-state index is 12.1. The molecule has 4 nitrogen and oxygen atoms in total. The second kappa shape index (κ2) is 6.85. The molecule has 1 aliphatic rings. The average molecular weight is 353 g/mol. The van der Waals surface area contributed by atoms with Gasteiger partial charge in [0.15, 0.2) is 0 Å². The Hall–Kier alpha value is -1.31. The molecule has 3 N–H and O–H groups in total. The summed E-state index contributed by atoms with van der Waals surface area (Å²) in [6.45, 7) is 0. The van der Waals surface area contributed by atoms with Gasteiger partial charge in [-0.05, 0) is 36.3 Å². The van der Waals surface area contributed by atoms with Crippen LogP contribution in [0.15, 0.2) is 17.5 Å². The largest absolute Gasteiger partial charge is 0.365 e. The second-order valence-electron chi connectivity index (χ2n) is 5.05. The summed E-state index contributed by atoms with van der Waals surface area (Å²) >= 11 is 4.76. The number of primary amides is 1. The number of thioether (sulfide) groups is 1. The molecule has 7 heteroatoms. The Balaban J connectivity index is 1.61. The molecule has 2 aromatic rings. The number of thiophene rings is 2. The highest BCUT2D eigenvalue weighted by atomic mass is 32.2. The number of carbonyl (C=O) groups excluding carboxylic acids is 2. The SMILES string of the molecule is NC(=O)c1c(NC(=O)CSCc2cccs2)sc2c1CCC2. The number of amides is 2. The summed E-state index contributed by atoms with van der Waals surface area (Å²) in [4.78, 5) is 26.2. The number of hydrogen-bond donors (Lipinski definition) is 2. The van der Waals surface area contributed by atoms with E-state index in [0.717, 1.165) is 30.6 Å². The first-order valence-corrected chi connectivity index (χ1v) is 9.84. The highest BCUT2D eigenvalue weighted by Crippen LogP contribution is 2.38. The molecule has 2 amide bonds. The molecule has 0 aliphatic heterocycles. The first-order chi connectivity index (χ1) is 10.6. The van der Waals surface area contributed by atoms with Crippen LogP contribution in [0.5, 0.6) is 0 Å². The summed E-state index contributed by atoms with van der Waals surface area (Å²) < 4.78 is 0. The molecule has 22 heavy (non-hydrogen) atoms. The van der Waals surface area contributed by atoms with Crippen LogP contribution in [-0.2, 0) is 23.4 Å². The summed E-state index contributed by atoms with van der Waals surface area (Å²) in [5.74, 6) is 0.679. The van der Waals surface area contributed by atoms with Gasteiger partial charge in [-0.1, -0.05) is 6.07 Å². The van der Waals surface area contributed by atoms with Crippen LogP contribution in [0.1, 0.15) is 32.1 Å². The lowest BCUT2D eigenvalue weighted by Crippen LogP contribution is -2.18. The van der Waals surface area contributed by atoms with Gasteiger partial charge in [-0.25, -0.2) is 0 Å². The predicted molar refractivity (Wildman–Crippen MR) is 94.0 cm³/mol. The summed E-state index contributed by atoms with van der Waals surface area (Å²) in [5.41, 5.74) is 7.05. The van der Waals surface area contributed by atoms with Crippen LogP contribution in [0, 0.1) is 0 Å². The van der Waals surface area contributed by atoms with E-state index >= 15 is 0 Å². The maximum Gasteiger partial charge on any atom is 0.251 e. The van der Waals surface area contributed by atoms with Gasteiger partial charge in [-0.2, -0.15) is 0 Å². The van der Waals surface area contributed by atoms with Gasteiger partial charge >= 0.3 is 0 Å². The summed E-state index contributed by atoms with van der Waals surface area (Å²) in [5, 5.41) is 5.52. The van der Waals surface area contributed by atoms with Crippen molar-refractivity contribution in [3.05, 3.63) is 38.4 Å². The predicted octanol–water partition coefficient (Wildman–Crippen LogP) is 3.27. The molecule has 0 saturated heterocycles. The topological polar surface area (TPSA) is 72.2 Å². The van der Waals surface area contributed by atoms with Crippen LogP contribution < -0.4 is 11.1 Å². The number of rotatable bonds is 6. The fourth-order valence-corrected chi connectivity index (χ4v) is 5.53. The number of hydrogen-bond acceptors (Lipinski definition) is 5. The third kappa shape index (κ3) is 3.37. The van der Waals surface area contributed by atoms with Crippen molar-refractivity contribution in [3.63, 3.8) is 0 Å². The van der Waals surface area contributed by atoms with E-state index in [1.165, 1.54) is 21.1 Å². The van der Waals surface area contributed by atoms with Crippen molar-refractivity contribution in [2.45, 2.75) is 25.0 Å². The number of nitrogens with one attached hydrogen (secondary N) is 1. The van der Waals surface area contributed by atoms with Crippen molar-refractivity contribution in [2.75, 3.05) is 11.1 Å². The zero-order valence-electron chi connectivity index (χ0n) is 11.9. The van der Waals surface area contributed by atoms with E-state index in [4.69, 9.17) is 5.73 Å². The molecule has 1 aliphatic carbocycles. The molecular weight excluding hydrogens is 336 g/mol. The van der Waals surface area contributed by atoms with Gasteiger partial charge in [0.05, 0.1) is 11.3 Å². The van der Waals surface area contributed by atoms with Gasteiger partial charge in [0.1, 0.15) is 5.00 Å². The molecule has 3 rings (SSSR count). The first-order valence-electron chi connectivity index (χ1n) is 6.99. The fourth-order valence-electron chi connectivity index (χ4n) is 2.55. The molecule has 0 aromatic carbocycles. The maximum atomic E-state index is 12.1. The van der Waals surface area contributed by atoms with Crippen LogP contribution in [0.3, 0.4) is 0 Å². The highest BCUT2D eigenvalue weighted by Gasteiger charge is 2.25. The Morgan fingerprint density at radius 1 is 1.36 bits per heavy atom. The van der Waals surface area contributed by atoms with E-state index in [-0.39, 0.29) is 5.91 Å². The third-order valence-corrected chi connectivity index (χ3v) is 6.73. The Morgan fingerprint density at radius 3 is 2.95 bits per heavy atom. The highest BCUT2D eigenvalue weighted by molar-refractivity contribution is 7.99. The van der Waals surface area contributed by atoms with Gasteiger partial charge in [0.2, 0.25) is 5.91 Å². The van der Waals surface area contributed by atoms with Crippen molar-refractivity contribution in [3.8, 4) is 0 Å². The zero-order chi connectivity index (χ0) is 15.5. The van der Waals surface area contributed by atoms with E-state index in [0.29, 0.717) is 16.3 Å². The lowest BCUT2D eigenvalue weighted by atomic mass is 10.1. The Kier molecular flexibility index (Phi) is 4.85. The quantitative estimate of drug-likeness (QED) is 0.838. The summed E-state index contributed by atoms with van der Waals surface area (Å²) in [6.07, 6.45) is 2.92. The van der Waals surface area contributed by atoms with Gasteiger partial charge in [-0.15, -0.1) is 34.4 Å². The van der Waals surface area contributed by atoms with E-state index in [2.05, 4.69) is 11.4 Å². The molecule has 0 spiro atoms. The van der Waals surface area contributed by atoms with Crippen molar-refractivity contribution in [1.82, 2.24) is 0 Å². The minimum Gasteiger partial charge on any atom is -0.365 e. The second-order valence-corrected chi connectivity index (χ2v) is 8.17. The molecule has 2 heterocycles. The van der Waals surface area contributed by atoms with Crippen molar-refractivity contribution in [1.29, 1.82) is 0 Å². The summed E-state index contributed by atoms with van der Waals surface area (Å²) in [7, 11) is 0. The van der Waals surface area contributed by atoms with Crippen LogP contribution in [-0.4, -0.2) is 17.6 Å². The standard InChI is InChI=1S/C15H16N2O2S3/c16-14(19)13-10-4-1-5-11(10)22-15(13)17-12(18)8-20-7-9-3-2-6-21-9/h2-3,6H,1,4-5,7-8H2,(H2,16,19)(H,17,18). The lowest BCUT2D eigenvalue weighted by molar-refractivity contribution is -0.113. The number of nitrogens with two attached hydrogens (primary N) is 1. The number of fused-ring (bicyclic) bond motifs is 1. The molecule has 0 unspecified atom stereocenters. The molecule has 0 atom stereocenters. The zero-order valence-corrected chi connectivity index (χ0v) is 14.3. The Bertz CT molecular complexity index is 692. The molecule has 0 fully saturated rings. The molecule has 2 aromatic heterocycles. The third-order valence-electron chi connectivity index (χ3n) is 3.48. The van der Waals surface area contributed by atoms with Crippen molar-refractivity contribution >= 4 is 51.3 Å². The molecule has 0 radical (unpaired) electrons. The van der Waals surface area contributed by atoms with Crippen LogP contribution in [0.25, 0.3) is 0 Å². The van der Waals surface area contributed by atoms with E-state index in [9.17, 15) is 9.59 Å². The van der Waals surface area contributed by atoms with Crippen LogP contribution in [0.4, 0.5) is 5.00 Å². The van der Waals surface area contributed by atoms with Gasteiger partial charge in [0.25, 0.3) is 5.91 Å². The number of aryl methyl sites for hydroxylation is 1. The van der Waals surface area contributed by atoms with Gasteiger partial charge in [0, 0.05) is 15.5 Å². The summed E-state index contributed by atoms with van der Waals surface area (Å²) in [6, 6.07) is 4.07. The average Bonchev–Trinajstić information content (AvgIpc) is 3.14. The van der Waals surface area contributed by atoms with E-state index in [1.807, 2.05) is 11.4 Å². The minimum atomic E-state index is -0.444. The van der Waals surface area contributed by atoms with Gasteiger partial charge < -0.3 is 11.1 Å². The van der Waals surface area contributed by atoms with Crippen LogP contribution >= 0.6 is 34.4 Å². The van der Waals surface area contributed by atoms with Gasteiger partial charge in [-0.3, -0.25) is 9.59 Å². The van der Waals surface area contributed by atoms with Crippen molar-refractivity contribution in [2.24, 2.45) is 5.73 Å². The smallest absolute Gasteiger partial charge is 0.251 e. The Morgan fingerprint density at radius 2 is 2.23 bits per heavy atom.